The minimum atomic E-state index is -0.117. The summed E-state index contributed by atoms with van der Waals surface area (Å²) >= 11 is 1.66. The molecule has 0 radical (unpaired) electrons. The quantitative estimate of drug-likeness (QED) is 0.766. The van der Waals surface area contributed by atoms with Gasteiger partial charge in [-0.2, -0.15) is 0 Å². The zero-order valence-corrected chi connectivity index (χ0v) is 13.4. The molecule has 0 aliphatic heterocycles. The SMILES string of the molecule is CCCC1(CCC)CC(CN)(Sc2ccccc2F)C1. The van der Waals surface area contributed by atoms with E-state index in [1.54, 1.807) is 17.8 Å². The van der Waals surface area contributed by atoms with Gasteiger partial charge in [-0.25, -0.2) is 4.39 Å². The van der Waals surface area contributed by atoms with Crippen LogP contribution in [0.15, 0.2) is 29.2 Å². The van der Waals surface area contributed by atoms with Crippen molar-refractivity contribution in [1.29, 1.82) is 0 Å². The molecule has 3 heteroatoms. The molecule has 0 spiro atoms. The molecule has 0 amide bonds. The zero-order chi connectivity index (χ0) is 14.6. The Morgan fingerprint density at radius 2 is 1.75 bits per heavy atom. The maximum Gasteiger partial charge on any atom is 0.136 e. The van der Waals surface area contributed by atoms with E-state index in [4.69, 9.17) is 5.73 Å². The lowest BCUT2D eigenvalue weighted by Crippen LogP contribution is -2.53. The Kier molecular flexibility index (Phi) is 5.14. The van der Waals surface area contributed by atoms with E-state index in [-0.39, 0.29) is 10.6 Å². The van der Waals surface area contributed by atoms with Crippen LogP contribution in [0.25, 0.3) is 0 Å². The molecule has 1 aliphatic rings. The van der Waals surface area contributed by atoms with Crippen LogP contribution in [0, 0.1) is 11.2 Å². The van der Waals surface area contributed by atoms with E-state index in [9.17, 15) is 4.39 Å². The third-order valence-electron chi connectivity index (χ3n) is 4.49. The lowest BCUT2D eigenvalue weighted by atomic mass is 9.57. The third kappa shape index (κ3) is 3.20. The first kappa shape index (κ1) is 15.8. The normalized spacial score (nSPS) is 19.6. The first-order valence-corrected chi connectivity index (χ1v) is 8.54. The molecule has 112 valence electrons. The molecule has 0 aromatic heterocycles. The molecule has 0 unspecified atom stereocenters. The molecule has 1 saturated carbocycles. The van der Waals surface area contributed by atoms with Crippen LogP contribution in [0.1, 0.15) is 52.4 Å². The Hall–Kier alpha value is -0.540. The van der Waals surface area contributed by atoms with Crippen molar-refractivity contribution in [2.24, 2.45) is 11.1 Å². The molecule has 0 saturated heterocycles. The van der Waals surface area contributed by atoms with Gasteiger partial charge in [0.25, 0.3) is 0 Å². The lowest BCUT2D eigenvalue weighted by molar-refractivity contribution is 0.0613. The van der Waals surface area contributed by atoms with Gasteiger partial charge in [0, 0.05) is 16.2 Å². The van der Waals surface area contributed by atoms with Crippen molar-refractivity contribution < 1.29 is 4.39 Å². The number of thioether (sulfide) groups is 1. The van der Waals surface area contributed by atoms with Gasteiger partial charge in [-0.15, -0.1) is 11.8 Å². The summed E-state index contributed by atoms with van der Waals surface area (Å²) in [6.07, 6.45) is 7.28. The van der Waals surface area contributed by atoms with E-state index in [1.807, 2.05) is 12.1 Å². The average Bonchev–Trinajstić information content (AvgIpc) is 2.39. The topological polar surface area (TPSA) is 26.0 Å². The Bertz CT molecular complexity index is 432. The second kappa shape index (κ2) is 6.48. The number of benzene rings is 1. The molecule has 0 bridgehead atoms. The number of rotatable bonds is 7. The van der Waals surface area contributed by atoms with Gasteiger partial charge in [0.1, 0.15) is 5.82 Å². The van der Waals surface area contributed by atoms with Crippen molar-refractivity contribution in [3.63, 3.8) is 0 Å². The highest BCUT2D eigenvalue weighted by Gasteiger charge is 2.53. The van der Waals surface area contributed by atoms with E-state index in [0.29, 0.717) is 12.0 Å². The first-order chi connectivity index (χ1) is 9.59. The predicted octanol–water partition coefficient (Wildman–Crippen LogP) is 5.00. The molecule has 1 aliphatic carbocycles. The van der Waals surface area contributed by atoms with E-state index < -0.39 is 0 Å². The second-order valence-electron chi connectivity index (χ2n) is 6.27. The molecule has 1 nitrogen and oxygen atoms in total. The fraction of sp³-hybridized carbons (Fsp3) is 0.647. The lowest BCUT2D eigenvalue weighted by Gasteiger charge is -2.56. The number of halogens is 1. The Labute approximate surface area is 126 Å². The van der Waals surface area contributed by atoms with Crippen molar-refractivity contribution >= 4 is 11.8 Å². The van der Waals surface area contributed by atoms with Crippen molar-refractivity contribution in [2.45, 2.75) is 62.0 Å². The van der Waals surface area contributed by atoms with Crippen molar-refractivity contribution in [1.82, 2.24) is 0 Å². The molecule has 1 aromatic rings. The van der Waals surface area contributed by atoms with Crippen LogP contribution in [0.4, 0.5) is 4.39 Å². The summed E-state index contributed by atoms with van der Waals surface area (Å²) < 4.78 is 13.9. The van der Waals surface area contributed by atoms with E-state index in [0.717, 1.165) is 17.7 Å². The molecular formula is C17H26FNS. The zero-order valence-electron chi connectivity index (χ0n) is 12.6. The van der Waals surface area contributed by atoms with Gasteiger partial charge < -0.3 is 5.73 Å². The first-order valence-electron chi connectivity index (χ1n) is 7.72. The maximum absolute atomic E-state index is 13.8. The fourth-order valence-electron chi connectivity index (χ4n) is 3.87. The summed E-state index contributed by atoms with van der Waals surface area (Å²) in [5.41, 5.74) is 6.50. The summed E-state index contributed by atoms with van der Waals surface area (Å²) in [6.45, 7) is 5.15. The minimum Gasteiger partial charge on any atom is -0.329 e. The van der Waals surface area contributed by atoms with Crippen LogP contribution in [-0.2, 0) is 0 Å². The largest absolute Gasteiger partial charge is 0.329 e. The Morgan fingerprint density at radius 3 is 2.25 bits per heavy atom. The van der Waals surface area contributed by atoms with Crippen LogP contribution in [0.3, 0.4) is 0 Å². The van der Waals surface area contributed by atoms with Crippen LogP contribution < -0.4 is 5.73 Å². The second-order valence-corrected chi connectivity index (χ2v) is 7.78. The van der Waals surface area contributed by atoms with Gasteiger partial charge in [0.05, 0.1) is 0 Å². The number of nitrogens with two attached hydrogens (primary N) is 1. The number of hydrogen-bond donors (Lipinski definition) is 1. The summed E-state index contributed by atoms with van der Waals surface area (Å²) in [7, 11) is 0. The van der Waals surface area contributed by atoms with E-state index in [2.05, 4.69) is 13.8 Å². The Morgan fingerprint density at radius 1 is 1.15 bits per heavy atom. The molecule has 0 heterocycles. The molecule has 2 N–H and O–H groups in total. The maximum atomic E-state index is 13.8. The smallest absolute Gasteiger partial charge is 0.136 e. The van der Waals surface area contributed by atoms with Crippen LogP contribution in [0.5, 0.6) is 0 Å². The molecule has 2 rings (SSSR count). The van der Waals surface area contributed by atoms with Gasteiger partial charge in [-0.1, -0.05) is 38.8 Å². The van der Waals surface area contributed by atoms with Gasteiger partial charge in [-0.05, 0) is 43.2 Å². The molecular weight excluding hydrogens is 269 g/mol. The van der Waals surface area contributed by atoms with Crippen LogP contribution in [0.2, 0.25) is 0 Å². The van der Waals surface area contributed by atoms with Gasteiger partial charge in [0.15, 0.2) is 0 Å². The molecule has 20 heavy (non-hydrogen) atoms. The highest BCUT2D eigenvalue weighted by atomic mass is 32.2. The van der Waals surface area contributed by atoms with Gasteiger partial charge in [-0.3, -0.25) is 0 Å². The summed E-state index contributed by atoms with van der Waals surface area (Å²) in [5, 5.41) is 0. The average molecular weight is 295 g/mol. The molecule has 1 aromatic carbocycles. The predicted molar refractivity (Wildman–Crippen MR) is 85.5 cm³/mol. The summed E-state index contributed by atoms with van der Waals surface area (Å²) in [6, 6.07) is 7.06. The summed E-state index contributed by atoms with van der Waals surface area (Å²) in [4.78, 5) is 0.750. The van der Waals surface area contributed by atoms with Crippen LogP contribution >= 0.6 is 11.8 Å². The number of hydrogen-bond acceptors (Lipinski definition) is 2. The summed E-state index contributed by atoms with van der Waals surface area (Å²) in [5.74, 6) is -0.117. The highest BCUT2D eigenvalue weighted by molar-refractivity contribution is 8.00. The van der Waals surface area contributed by atoms with Crippen molar-refractivity contribution in [3.05, 3.63) is 30.1 Å². The standard InChI is InChI=1S/C17H26FNS/c1-3-9-16(10-4-2)11-17(12-16,13-19)20-15-8-6-5-7-14(15)18/h5-8H,3-4,9-13,19H2,1-2H3. The monoisotopic (exact) mass is 295 g/mol. The van der Waals surface area contributed by atoms with Crippen LogP contribution in [-0.4, -0.2) is 11.3 Å². The highest BCUT2D eigenvalue weighted by Crippen LogP contribution is 2.61. The Balaban J connectivity index is 2.08. The third-order valence-corrected chi connectivity index (χ3v) is 5.93. The van der Waals surface area contributed by atoms with Crippen molar-refractivity contribution in [2.75, 3.05) is 6.54 Å². The van der Waals surface area contributed by atoms with Crippen molar-refractivity contribution in [3.8, 4) is 0 Å². The van der Waals surface area contributed by atoms with E-state index >= 15 is 0 Å². The van der Waals surface area contributed by atoms with E-state index in [1.165, 1.54) is 31.7 Å². The van der Waals surface area contributed by atoms with Gasteiger partial charge in [0.2, 0.25) is 0 Å². The molecule has 1 fully saturated rings. The van der Waals surface area contributed by atoms with Gasteiger partial charge >= 0.3 is 0 Å². The molecule has 0 atom stereocenters. The fourth-order valence-corrected chi connectivity index (χ4v) is 5.49. The minimum absolute atomic E-state index is 0.0481.